The number of anilines is 4. The zero-order chi connectivity index (χ0) is 56.3. The molecule has 6 heteroatoms. The lowest BCUT2D eigenvalue weighted by Crippen LogP contribution is -2.74. The third-order valence-electron chi connectivity index (χ3n) is 19.4. The van der Waals surface area contributed by atoms with Crippen molar-refractivity contribution in [3.05, 3.63) is 229 Å². The number of hydrogen-bond donors (Lipinski definition) is 0. The molecule has 4 bridgehead atoms. The van der Waals surface area contributed by atoms with Crippen molar-refractivity contribution in [2.45, 2.75) is 122 Å². The van der Waals surface area contributed by atoms with Crippen LogP contribution in [0.25, 0.3) is 27.6 Å². The van der Waals surface area contributed by atoms with Gasteiger partial charge >= 0.3 is 0 Å². The second kappa shape index (κ2) is 19.5. The molecule has 5 nitrogen and oxygen atoms in total. The molecule has 0 amide bonds. The van der Waals surface area contributed by atoms with Crippen molar-refractivity contribution in [2.75, 3.05) is 16.5 Å². The first kappa shape index (κ1) is 52.4. The van der Waals surface area contributed by atoms with Gasteiger partial charge in [-0.25, -0.2) is 4.98 Å². The molecule has 4 fully saturated rings. The van der Waals surface area contributed by atoms with E-state index in [1.54, 1.807) is 5.56 Å². The molecule has 2 aromatic heterocycles. The number of pyridine rings is 1. The average molecular weight is 1090 g/mol. The van der Waals surface area contributed by atoms with Crippen LogP contribution in [0.4, 0.5) is 22.7 Å². The Balaban J connectivity index is 0.896. The van der Waals surface area contributed by atoms with Crippen molar-refractivity contribution in [1.82, 2.24) is 9.55 Å². The number of para-hydroxylation sites is 1. The predicted octanol–water partition coefficient (Wildman–Crippen LogP) is 17.0. The van der Waals surface area contributed by atoms with Crippen LogP contribution in [0.3, 0.4) is 0 Å². The minimum absolute atomic E-state index is 0.00277. The van der Waals surface area contributed by atoms with E-state index in [4.69, 9.17) is 9.72 Å². The molecule has 4 saturated carbocycles. The molecule has 4 aliphatic carbocycles. The van der Waals surface area contributed by atoms with Gasteiger partial charge < -0.3 is 14.5 Å². The lowest BCUT2D eigenvalue weighted by atomic mass is 9.48. The summed E-state index contributed by atoms with van der Waals surface area (Å²) in [7, 11) is -2.83. The Morgan fingerprint density at radius 2 is 1.02 bits per heavy atom. The number of ether oxygens (including phenoxy) is 1. The van der Waals surface area contributed by atoms with Crippen LogP contribution in [0, 0.1) is 17.8 Å². The second-order valence-electron chi connectivity index (χ2n) is 28.0. The van der Waals surface area contributed by atoms with E-state index >= 15 is 0 Å². The molecule has 0 spiro atoms. The van der Waals surface area contributed by atoms with Crippen molar-refractivity contribution < 1.29 is 4.74 Å². The highest BCUT2D eigenvalue weighted by Crippen LogP contribution is 2.64. The van der Waals surface area contributed by atoms with Crippen LogP contribution in [-0.2, 0) is 21.7 Å². The normalized spacial score (nSPS) is 19.8. The number of hydrogen-bond acceptors (Lipinski definition) is 4. The zero-order valence-electron chi connectivity index (χ0n) is 49.5. The Hall–Kier alpha value is -7.67. The summed E-state index contributed by atoms with van der Waals surface area (Å²) in [5.41, 5.74) is 13.0. The van der Waals surface area contributed by atoms with Gasteiger partial charge in [0.1, 0.15) is 24.0 Å². The molecule has 10 aromatic rings. The molecular weight excluding hydrogens is 1010 g/mol. The van der Waals surface area contributed by atoms with Gasteiger partial charge in [0.25, 0.3) is 0 Å². The zero-order valence-corrected chi connectivity index (χ0v) is 50.5. The van der Waals surface area contributed by atoms with Gasteiger partial charge in [-0.2, -0.15) is 0 Å². The van der Waals surface area contributed by atoms with Crippen LogP contribution < -0.4 is 35.3 Å². The lowest BCUT2D eigenvalue weighted by Gasteiger charge is -2.57. The summed E-state index contributed by atoms with van der Waals surface area (Å²) in [6.45, 7) is 21.7. The van der Waals surface area contributed by atoms with Crippen LogP contribution in [0.2, 0.25) is 0 Å². The smallest absolute Gasteiger partial charge is 0.179 e. The molecule has 1 aliphatic heterocycles. The van der Waals surface area contributed by atoms with Gasteiger partial charge in [0.05, 0.1) is 22.4 Å². The highest BCUT2D eigenvalue weighted by Gasteiger charge is 2.53. The summed E-state index contributed by atoms with van der Waals surface area (Å²) in [5.74, 6) is 5.03. The number of nitrogens with zero attached hydrogens (tertiary/aromatic N) is 4. The summed E-state index contributed by atoms with van der Waals surface area (Å²) in [6.07, 6.45) is 10.2. The molecule has 82 heavy (non-hydrogen) atoms. The Kier molecular flexibility index (Phi) is 12.4. The maximum atomic E-state index is 7.13. The molecule has 3 heterocycles. The SMILES string of the molecule is CC(C)(C)c1cc(N2CN(c3cccc(Oc4ccc5c6cc([Si](c7ccccc7)(c7ccccc7)c7ccccc7)ccc6n(-c6cc(C(C)(C)C)ccn6)c5c4)c3)c3cccc(C45CC6CC(CC(C6)C4)C5)c32)cc(C(C)(C)C)c1. The largest absolute Gasteiger partial charge is 0.457 e. The Bertz CT molecular complexity index is 3880. The van der Waals surface area contributed by atoms with E-state index in [1.165, 1.54) is 98.4 Å². The maximum absolute atomic E-state index is 7.13. The van der Waals surface area contributed by atoms with E-state index in [-0.39, 0.29) is 21.7 Å². The quantitative estimate of drug-likeness (QED) is 0.101. The van der Waals surface area contributed by atoms with Gasteiger partial charge in [-0.1, -0.05) is 190 Å². The number of aromatic nitrogens is 2. The molecule has 0 saturated heterocycles. The molecule has 0 N–H and O–H groups in total. The summed E-state index contributed by atoms with van der Waals surface area (Å²) in [6, 6.07) is 75.6. The first-order chi connectivity index (χ1) is 39.4. The van der Waals surface area contributed by atoms with Crippen LogP contribution in [0.5, 0.6) is 11.5 Å². The minimum atomic E-state index is -2.83. The molecule has 5 aliphatic rings. The molecule has 412 valence electrons. The number of benzene rings is 8. The molecular formula is C76H78N4OSi. The topological polar surface area (TPSA) is 33.5 Å². The fourth-order valence-corrected chi connectivity index (χ4v) is 20.5. The lowest BCUT2D eigenvalue weighted by molar-refractivity contribution is -0.00489. The first-order valence-electron chi connectivity index (χ1n) is 30.3. The standard InChI is InChI=1S/C76H78N4OSi/c1-73(2,3)54-35-36-77-71(43-54)80-68-34-32-64(82(61-23-13-10-14-24-61,62-25-15-11-16-26-62)63-27-17-12-18-28-63)46-66(68)65-33-31-60(45-70(65)80)81-59-22-19-21-57(44-59)78-50-79(58-41-55(74(4,5)6)40-56(42-58)75(7,8)9)72-67(29-20-30-69(72)78)76-47-51-37-52(48-76)39-53(38-51)49-76/h10-36,40-46,51-53H,37-39,47-50H2,1-9H3. The predicted molar refractivity (Wildman–Crippen MR) is 347 cm³/mol. The van der Waals surface area contributed by atoms with Crippen molar-refractivity contribution in [1.29, 1.82) is 0 Å². The molecule has 0 unspecified atom stereocenters. The Labute approximate surface area is 487 Å². The Morgan fingerprint density at radius 1 is 0.451 bits per heavy atom. The van der Waals surface area contributed by atoms with E-state index < -0.39 is 8.07 Å². The Morgan fingerprint density at radius 3 is 1.61 bits per heavy atom. The third-order valence-corrected chi connectivity index (χ3v) is 24.2. The van der Waals surface area contributed by atoms with E-state index in [9.17, 15) is 0 Å². The van der Waals surface area contributed by atoms with E-state index in [2.05, 4.69) is 277 Å². The fourth-order valence-electron chi connectivity index (χ4n) is 15.7. The summed E-state index contributed by atoms with van der Waals surface area (Å²) in [5, 5.41) is 7.74. The van der Waals surface area contributed by atoms with E-state index in [0.29, 0.717) is 0 Å². The fraction of sp³-hybridized carbons (Fsp3) is 0.303. The maximum Gasteiger partial charge on any atom is 0.179 e. The third kappa shape index (κ3) is 8.90. The van der Waals surface area contributed by atoms with E-state index in [1.807, 2.05) is 6.20 Å². The van der Waals surface area contributed by atoms with Crippen LogP contribution in [-0.4, -0.2) is 24.3 Å². The second-order valence-corrected chi connectivity index (χ2v) is 31.8. The van der Waals surface area contributed by atoms with Crippen LogP contribution in [0.1, 0.15) is 123 Å². The summed E-state index contributed by atoms with van der Waals surface area (Å²) >= 11 is 0. The monoisotopic (exact) mass is 1090 g/mol. The van der Waals surface area contributed by atoms with Crippen molar-refractivity contribution in [2.24, 2.45) is 17.8 Å². The molecule has 15 rings (SSSR count). The van der Waals surface area contributed by atoms with Gasteiger partial charge in [0, 0.05) is 40.5 Å². The highest BCUT2D eigenvalue weighted by molar-refractivity contribution is 7.20. The van der Waals surface area contributed by atoms with Crippen molar-refractivity contribution >= 4 is 73.4 Å². The minimum Gasteiger partial charge on any atom is -0.457 e. The van der Waals surface area contributed by atoms with Gasteiger partial charge in [0.15, 0.2) is 8.07 Å². The first-order valence-corrected chi connectivity index (χ1v) is 32.3. The van der Waals surface area contributed by atoms with Gasteiger partial charge in [-0.15, -0.1) is 0 Å². The average Bonchev–Trinajstić information content (AvgIpc) is 1.71. The van der Waals surface area contributed by atoms with Gasteiger partial charge in [0.2, 0.25) is 0 Å². The molecule has 0 radical (unpaired) electrons. The number of rotatable bonds is 10. The van der Waals surface area contributed by atoms with E-state index in [0.717, 1.165) is 63.8 Å². The van der Waals surface area contributed by atoms with Gasteiger partial charge in [-0.3, -0.25) is 4.57 Å². The highest BCUT2D eigenvalue weighted by atomic mass is 28.3. The van der Waals surface area contributed by atoms with Crippen molar-refractivity contribution in [3.63, 3.8) is 0 Å². The van der Waals surface area contributed by atoms with Crippen molar-refractivity contribution in [3.8, 4) is 17.3 Å². The molecule has 8 aromatic carbocycles. The van der Waals surface area contributed by atoms with Gasteiger partial charge in [-0.05, 0) is 182 Å². The molecule has 0 atom stereocenters. The van der Waals surface area contributed by atoms with Crippen LogP contribution in [0.15, 0.2) is 206 Å². The number of fused-ring (bicyclic) bond motifs is 4. The summed E-state index contributed by atoms with van der Waals surface area (Å²) in [4.78, 5) is 10.4. The van der Waals surface area contributed by atoms with Crippen LogP contribution >= 0.6 is 0 Å². The summed E-state index contributed by atoms with van der Waals surface area (Å²) < 4.78 is 9.49.